The molecular formula is C23H26N2O5. The van der Waals surface area contributed by atoms with Crippen LogP contribution in [0, 0.1) is 0 Å². The summed E-state index contributed by atoms with van der Waals surface area (Å²) in [5.74, 6) is 1.62. The summed E-state index contributed by atoms with van der Waals surface area (Å²) in [6.07, 6.45) is 2.14. The maximum Gasteiger partial charge on any atom is 0.262 e. The van der Waals surface area contributed by atoms with Crippen LogP contribution in [-0.2, 0) is 16.0 Å². The minimum atomic E-state index is -0.297. The predicted octanol–water partition coefficient (Wildman–Crippen LogP) is 3.55. The first-order valence-corrected chi connectivity index (χ1v) is 10.1. The number of anilines is 2. The molecular weight excluding hydrogens is 384 g/mol. The molecule has 1 fully saturated rings. The van der Waals surface area contributed by atoms with Crippen molar-refractivity contribution in [1.82, 2.24) is 0 Å². The maximum absolute atomic E-state index is 12.5. The Morgan fingerprint density at radius 3 is 2.80 bits per heavy atom. The summed E-state index contributed by atoms with van der Waals surface area (Å²) >= 11 is 0. The van der Waals surface area contributed by atoms with Crippen LogP contribution in [0.5, 0.6) is 17.2 Å². The Kier molecular flexibility index (Phi) is 5.28. The predicted molar refractivity (Wildman–Crippen MR) is 114 cm³/mol. The molecule has 2 amide bonds. The molecule has 0 bridgehead atoms. The number of ether oxygens (including phenoxy) is 3. The van der Waals surface area contributed by atoms with E-state index in [1.807, 2.05) is 26.0 Å². The van der Waals surface area contributed by atoms with Gasteiger partial charge in [0.2, 0.25) is 5.91 Å². The average Bonchev–Trinajstić information content (AvgIpc) is 3.27. The van der Waals surface area contributed by atoms with Crippen LogP contribution in [0.4, 0.5) is 11.4 Å². The Hall–Kier alpha value is -3.22. The molecule has 0 unspecified atom stereocenters. The van der Waals surface area contributed by atoms with Gasteiger partial charge in [-0.1, -0.05) is 12.1 Å². The molecule has 158 valence electrons. The second kappa shape index (κ2) is 7.89. The zero-order valence-electron chi connectivity index (χ0n) is 17.5. The van der Waals surface area contributed by atoms with E-state index in [1.54, 1.807) is 36.3 Å². The number of nitrogens with zero attached hydrogens (tertiary/aromatic N) is 1. The highest BCUT2D eigenvalue weighted by molar-refractivity contribution is 5.98. The van der Waals surface area contributed by atoms with Crippen LogP contribution in [0.25, 0.3) is 0 Å². The fourth-order valence-corrected chi connectivity index (χ4v) is 3.92. The van der Waals surface area contributed by atoms with Crippen molar-refractivity contribution in [3.05, 3.63) is 42.0 Å². The second-order valence-electron chi connectivity index (χ2n) is 8.16. The van der Waals surface area contributed by atoms with E-state index in [2.05, 4.69) is 5.32 Å². The van der Waals surface area contributed by atoms with E-state index >= 15 is 0 Å². The third kappa shape index (κ3) is 4.06. The fraction of sp³-hybridized carbons (Fsp3) is 0.391. The van der Waals surface area contributed by atoms with Gasteiger partial charge in [0.15, 0.2) is 18.1 Å². The molecule has 0 saturated carbocycles. The molecule has 1 N–H and O–H groups in total. The van der Waals surface area contributed by atoms with Crippen molar-refractivity contribution in [3.8, 4) is 17.2 Å². The summed E-state index contributed by atoms with van der Waals surface area (Å²) in [5, 5.41) is 2.83. The van der Waals surface area contributed by atoms with Crippen LogP contribution >= 0.6 is 0 Å². The Labute approximate surface area is 175 Å². The molecule has 0 aliphatic carbocycles. The molecule has 0 spiro atoms. The molecule has 2 aromatic rings. The number of fused-ring (bicyclic) bond motifs is 1. The van der Waals surface area contributed by atoms with Crippen molar-refractivity contribution in [1.29, 1.82) is 0 Å². The molecule has 0 radical (unpaired) electrons. The van der Waals surface area contributed by atoms with E-state index in [0.717, 1.165) is 18.4 Å². The number of carbonyl (C=O) groups excluding carboxylic acids is 2. The molecule has 7 nitrogen and oxygen atoms in total. The highest BCUT2D eigenvalue weighted by Crippen LogP contribution is 2.41. The van der Waals surface area contributed by atoms with Gasteiger partial charge in [-0.05, 0) is 44.5 Å². The number of benzene rings is 2. The summed E-state index contributed by atoms with van der Waals surface area (Å²) in [4.78, 5) is 26.3. The molecule has 30 heavy (non-hydrogen) atoms. The molecule has 2 aromatic carbocycles. The van der Waals surface area contributed by atoms with Crippen LogP contribution in [-0.4, -0.2) is 37.7 Å². The van der Waals surface area contributed by atoms with Gasteiger partial charge in [0.05, 0.1) is 12.8 Å². The lowest BCUT2D eigenvalue weighted by Crippen LogP contribution is -2.25. The van der Waals surface area contributed by atoms with E-state index < -0.39 is 0 Å². The highest BCUT2D eigenvalue weighted by atomic mass is 16.5. The van der Waals surface area contributed by atoms with Gasteiger partial charge < -0.3 is 24.4 Å². The van der Waals surface area contributed by atoms with Gasteiger partial charge in [-0.3, -0.25) is 9.59 Å². The number of amides is 2. The van der Waals surface area contributed by atoms with E-state index in [-0.39, 0.29) is 24.0 Å². The van der Waals surface area contributed by atoms with Crippen molar-refractivity contribution >= 4 is 23.2 Å². The normalized spacial score (nSPS) is 16.8. The SMILES string of the molecule is COc1ccc(NC(=O)COc2cccc3c2OC(C)(C)C3)cc1N1CCCC1=O. The smallest absolute Gasteiger partial charge is 0.262 e. The average molecular weight is 410 g/mol. The first-order chi connectivity index (χ1) is 14.4. The Balaban J connectivity index is 1.43. The van der Waals surface area contributed by atoms with Crippen LogP contribution in [0.3, 0.4) is 0 Å². The van der Waals surface area contributed by atoms with Crippen molar-refractivity contribution in [2.75, 3.05) is 30.5 Å². The molecule has 4 rings (SSSR count). The number of hydrogen-bond donors (Lipinski definition) is 1. The summed E-state index contributed by atoms with van der Waals surface area (Å²) in [6, 6.07) is 11.0. The number of hydrogen-bond acceptors (Lipinski definition) is 5. The summed E-state index contributed by atoms with van der Waals surface area (Å²) in [5.41, 5.74) is 2.04. The molecule has 2 aliphatic rings. The fourth-order valence-electron chi connectivity index (χ4n) is 3.92. The monoisotopic (exact) mass is 410 g/mol. The Morgan fingerprint density at radius 2 is 2.07 bits per heavy atom. The maximum atomic E-state index is 12.5. The van der Waals surface area contributed by atoms with E-state index in [4.69, 9.17) is 14.2 Å². The first-order valence-electron chi connectivity index (χ1n) is 10.1. The van der Waals surface area contributed by atoms with E-state index in [9.17, 15) is 9.59 Å². The van der Waals surface area contributed by atoms with Gasteiger partial charge in [0.25, 0.3) is 5.91 Å². The summed E-state index contributed by atoms with van der Waals surface area (Å²) in [7, 11) is 1.56. The van der Waals surface area contributed by atoms with Gasteiger partial charge in [0.1, 0.15) is 11.4 Å². The largest absolute Gasteiger partial charge is 0.495 e. The lowest BCUT2D eigenvalue weighted by Gasteiger charge is -2.20. The minimum absolute atomic E-state index is 0.0565. The molecule has 2 heterocycles. The Morgan fingerprint density at radius 1 is 1.23 bits per heavy atom. The zero-order chi connectivity index (χ0) is 21.3. The number of carbonyl (C=O) groups is 2. The van der Waals surface area contributed by atoms with Crippen LogP contribution in [0.1, 0.15) is 32.3 Å². The standard InChI is InChI=1S/C23H26N2O5/c1-23(2)13-15-6-4-7-19(22(15)30-23)29-14-20(26)24-16-9-10-18(28-3)17(12-16)25-11-5-8-21(25)27/h4,6-7,9-10,12H,5,8,11,13-14H2,1-3H3,(H,24,26). The number of rotatable bonds is 6. The lowest BCUT2D eigenvalue weighted by atomic mass is 10.0. The quantitative estimate of drug-likeness (QED) is 0.788. The molecule has 7 heteroatoms. The molecule has 1 saturated heterocycles. The minimum Gasteiger partial charge on any atom is -0.495 e. The van der Waals surface area contributed by atoms with Crippen molar-refractivity contribution in [3.63, 3.8) is 0 Å². The summed E-state index contributed by atoms with van der Waals surface area (Å²) in [6.45, 7) is 4.54. The third-order valence-corrected chi connectivity index (χ3v) is 5.24. The summed E-state index contributed by atoms with van der Waals surface area (Å²) < 4.78 is 17.1. The topological polar surface area (TPSA) is 77.1 Å². The van der Waals surface area contributed by atoms with Gasteiger partial charge in [-0.15, -0.1) is 0 Å². The Bertz CT molecular complexity index is 986. The van der Waals surface area contributed by atoms with Crippen molar-refractivity contribution in [2.45, 2.75) is 38.7 Å². The molecule has 0 aromatic heterocycles. The molecule has 2 aliphatic heterocycles. The van der Waals surface area contributed by atoms with Crippen molar-refractivity contribution < 1.29 is 23.8 Å². The lowest BCUT2D eigenvalue weighted by molar-refractivity contribution is -0.118. The number of nitrogens with one attached hydrogen (secondary N) is 1. The van der Waals surface area contributed by atoms with Gasteiger partial charge in [-0.25, -0.2) is 0 Å². The van der Waals surface area contributed by atoms with Crippen LogP contribution in [0.15, 0.2) is 36.4 Å². The third-order valence-electron chi connectivity index (χ3n) is 5.24. The van der Waals surface area contributed by atoms with Crippen LogP contribution in [0.2, 0.25) is 0 Å². The van der Waals surface area contributed by atoms with Gasteiger partial charge in [0, 0.05) is 30.6 Å². The first kappa shape index (κ1) is 20.1. The van der Waals surface area contributed by atoms with Gasteiger partial charge >= 0.3 is 0 Å². The second-order valence-corrected chi connectivity index (χ2v) is 8.16. The number of methoxy groups -OCH3 is 1. The highest BCUT2D eigenvalue weighted by Gasteiger charge is 2.32. The number of para-hydroxylation sites is 1. The van der Waals surface area contributed by atoms with Crippen LogP contribution < -0.4 is 24.4 Å². The van der Waals surface area contributed by atoms with E-state index in [0.29, 0.717) is 41.6 Å². The van der Waals surface area contributed by atoms with Gasteiger partial charge in [-0.2, -0.15) is 0 Å². The zero-order valence-corrected chi connectivity index (χ0v) is 17.5. The molecule has 0 atom stereocenters. The van der Waals surface area contributed by atoms with E-state index in [1.165, 1.54) is 0 Å². The van der Waals surface area contributed by atoms with Crippen molar-refractivity contribution in [2.24, 2.45) is 0 Å².